The molecular formula is C15H25NOS. The summed E-state index contributed by atoms with van der Waals surface area (Å²) in [6.45, 7) is 12.3. The number of ketones is 1. The minimum Gasteiger partial charge on any atom is -0.297 e. The monoisotopic (exact) mass is 267 g/mol. The van der Waals surface area contributed by atoms with Crippen LogP contribution in [0.2, 0.25) is 0 Å². The topological polar surface area (TPSA) is 20.3 Å². The molecule has 0 aliphatic rings. The predicted octanol–water partition coefficient (Wildman–Crippen LogP) is 3.54. The van der Waals surface area contributed by atoms with E-state index < -0.39 is 0 Å². The van der Waals surface area contributed by atoms with Crippen molar-refractivity contribution in [2.75, 3.05) is 13.1 Å². The molecule has 1 aromatic rings. The Kier molecular flexibility index (Phi) is 5.54. The van der Waals surface area contributed by atoms with Gasteiger partial charge < -0.3 is 0 Å². The highest BCUT2D eigenvalue weighted by atomic mass is 32.1. The second-order valence-electron chi connectivity index (χ2n) is 5.05. The molecule has 0 fully saturated rings. The first-order valence-electron chi connectivity index (χ1n) is 6.81. The highest BCUT2D eigenvalue weighted by Gasteiger charge is 2.32. The maximum atomic E-state index is 12.5. The Morgan fingerprint density at radius 3 is 2.17 bits per heavy atom. The van der Waals surface area contributed by atoms with Gasteiger partial charge >= 0.3 is 0 Å². The van der Waals surface area contributed by atoms with Crippen LogP contribution in [-0.4, -0.2) is 29.3 Å². The summed E-state index contributed by atoms with van der Waals surface area (Å²) in [5.74, 6) is 0.315. The van der Waals surface area contributed by atoms with Crippen molar-refractivity contribution >= 4 is 17.1 Å². The molecule has 0 atom stereocenters. The van der Waals surface area contributed by atoms with Crippen LogP contribution in [0.25, 0.3) is 0 Å². The number of Topliss-reactive ketones (excluding diaryl/α,β-unsaturated/α-hetero) is 1. The molecule has 0 aliphatic heterocycles. The zero-order valence-electron chi connectivity index (χ0n) is 12.2. The summed E-state index contributed by atoms with van der Waals surface area (Å²) < 4.78 is 0. The highest BCUT2D eigenvalue weighted by Crippen LogP contribution is 2.22. The highest BCUT2D eigenvalue weighted by molar-refractivity contribution is 7.12. The van der Waals surface area contributed by atoms with Crippen LogP contribution >= 0.6 is 11.3 Å². The van der Waals surface area contributed by atoms with Crippen molar-refractivity contribution in [1.29, 1.82) is 0 Å². The van der Waals surface area contributed by atoms with Crippen LogP contribution in [0.15, 0.2) is 12.1 Å². The van der Waals surface area contributed by atoms with E-state index in [4.69, 9.17) is 0 Å². The smallest absolute Gasteiger partial charge is 0.157 e. The van der Waals surface area contributed by atoms with Gasteiger partial charge in [-0.05, 0) is 45.5 Å². The van der Waals surface area contributed by atoms with Crippen LogP contribution in [0.4, 0.5) is 0 Å². The molecule has 0 aromatic carbocycles. The normalized spacial score (nSPS) is 12.1. The second-order valence-corrected chi connectivity index (χ2v) is 6.31. The lowest BCUT2D eigenvalue weighted by atomic mass is 9.93. The molecule has 0 bridgehead atoms. The van der Waals surface area contributed by atoms with E-state index in [1.807, 2.05) is 13.8 Å². The lowest BCUT2D eigenvalue weighted by Gasteiger charge is -2.35. The van der Waals surface area contributed by atoms with E-state index in [2.05, 4.69) is 37.8 Å². The summed E-state index contributed by atoms with van der Waals surface area (Å²) in [6.07, 6.45) is 1.62. The Hall–Kier alpha value is -0.670. The van der Waals surface area contributed by atoms with Gasteiger partial charge in [-0.3, -0.25) is 9.69 Å². The van der Waals surface area contributed by atoms with Gasteiger partial charge in [-0.15, -0.1) is 11.3 Å². The maximum Gasteiger partial charge on any atom is 0.157 e. The van der Waals surface area contributed by atoms with E-state index in [9.17, 15) is 4.79 Å². The standard InChI is InChI=1S/C15H25NOS/c1-6-12-9-10-13(18-12)11-14(17)15(4,5)16(7-2)8-3/h9-10H,6-8,11H2,1-5H3. The molecule has 3 heteroatoms. The Balaban J connectivity index is 2.74. The average molecular weight is 267 g/mol. The van der Waals surface area contributed by atoms with E-state index in [0.29, 0.717) is 12.2 Å². The minimum atomic E-state index is -0.361. The predicted molar refractivity (Wildman–Crippen MR) is 79.4 cm³/mol. The van der Waals surface area contributed by atoms with Crippen LogP contribution in [0.3, 0.4) is 0 Å². The van der Waals surface area contributed by atoms with Crippen LogP contribution in [-0.2, 0) is 17.6 Å². The van der Waals surface area contributed by atoms with Crippen molar-refractivity contribution in [3.8, 4) is 0 Å². The molecule has 0 radical (unpaired) electrons. The van der Waals surface area contributed by atoms with Gasteiger partial charge in [-0.1, -0.05) is 20.8 Å². The summed E-state index contributed by atoms with van der Waals surface area (Å²) in [5.41, 5.74) is -0.361. The zero-order chi connectivity index (χ0) is 13.8. The maximum absolute atomic E-state index is 12.5. The van der Waals surface area contributed by atoms with E-state index >= 15 is 0 Å². The number of aryl methyl sites for hydroxylation is 1. The fourth-order valence-corrected chi connectivity index (χ4v) is 3.23. The molecule has 0 saturated heterocycles. The number of nitrogens with zero attached hydrogens (tertiary/aromatic N) is 1. The molecule has 0 amide bonds. The van der Waals surface area contributed by atoms with Crippen molar-refractivity contribution in [2.45, 2.75) is 53.0 Å². The molecule has 18 heavy (non-hydrogen) atoms. The van der Waals surface area contributed by atoms with E-state index in [1.165, 1.54) is 9.75 Å². The van der Waals surface area contributed by atoms with Gasteiger partial charge in [0, 0.05) is 16.2 Å². The molecule has 102 valence electrons. The largest absolute Gasteiger partial charge is 0.297 e. The molecule has 0 unspecified atom stereocenters. The summed E-state index contributed by atoms with van der Waals surface area (Å²) >= 11 is 1.76. The van der Waals surface area contributed by atoms with Crippen molar-refractivity contribution in [3.05, 3.63) is 21.9 Å². The molecule has 0 spiro atoms. The first-order valence-corrected chi connectivity index (χ1v) is 7.63. The molecule has 0 aliphatic carbocycles. The van der Waals surface area contributed by atoms with Crippen molar-refractivity contribution in [2.24, 2.45) is 0 Å². The first-order chi connectivity index (χ1) is 8.45. The Bertz CT molecular complexity index is 391. The molecule has 1 heterocycles. The first kappa shape index (κ1) is 15.4. The third-order valence-corrected chi connectivity index (χ3v) is 4.87. The SMILES string of the molecule is CCc1ccc(CC(=O)C(C)(C)N(CC)CC)s1. The van der Waals surface area contributed by atoms with Gasteiger partial charge in [0.15, 0.2) is 5.78 Å². The quantitative estimate of drug-likeness (QED) is 0.753. The van der Waals surface area contributed by atoms with E-state index in [-0.39, 0.29) is 5.54 Å². The van der Waals surface area contributed by atoms with Gasteiger partial charge in [0.25, 0.3) is 0 Å². The summed E-state index contributed by atoms with van der Waals surface area (Å²) in [5, 5.41) is 0. The molecule has 2 nitrogen and oxygen atoms in total. The minimum absolute atomic E-state index is 0.315. The van der Waals surface area contributed by atoms with Crippen LogP contribution in [0.5, 0.6) is 0 Å². The number of likely N-dealkylation sites (N-methyl/N-ethyl adjacent to an activating group) is 1. The van der Waals surface area contributed by atoms with Crippen molar-refractivity contribution in [1.82, 2.24) is 4.90 Å². The van der Waals surface area contributed by atoms with Gasteiger partial charge in [-0.2, -0.15) is 0 Å². The Labute approximate surface area is 115 Å². The second kappa shape index (κ2) is 6.48. The van der Waals surface area contributed by atoms with Crippen LogP contribution in [0, 0.1) is 0 Å². The number of carbonyl (C=O) groups is 1. The van der Waals surface area contributed by atoms with Crippen molar-refractivity contribution < 1.29 is 4.79 Å². The molecule has 1 rings (SSSR count). The summed E-state index contributed by atoms with van der Waals surface area (Å²) in [7, 11) is 0. The lowest BCUT2D eigenvalue weighted by Crippen LogP contribution is -2.50. The van der Waals surface area contributed by atoms with E-state index in [0.717, 1.165) is 19.5 Å². The van der Waals surface area contributed by atoms with Gasteiger partial charge in [0.2, 0.25) is 0 Å². The zero-order valence-corrected chi connectivity index (χ0v) is 13.1. The van der Waals surface area contributed by atoms with Crippen molar-refractivity contribution in [3.63, 3.8) is 0 Å². The van der Waals surface area contributed by atoms with Gasteiger partial charge in [-0.25, -0.2) is 0 Å². The van der Waals surface area contributed by atoms with Gasteiger partial charge in [0.05, 0.1) is 5.54 Å². The summed E-state index contributed by atoms with van der Waals surface area (Å²) in [4.78, 5) is 17.2. The number of hydrogen-bond acceptors (Lipinski definition) is 3. The molecule has 1 aromatic heterocycles. The van der Waals surface area contributed by atoms with E-state index in [1.54, 1.807) is 11.3 Å². The third-order valence-electron chi connectivity index (χ3n) is 3.64. The number of carbonyl (C=O) groups excluding carboxylic acids is 1. The van der Waals surface area contributed by atoms with Crippen LogP contribution in [0.1, 0.15) is 44.4 Å². The fraction of sp³-hybridized carbons (Fsp3) is 0.667. The fourth-order valence-electron chi connectivity index (χ4n) is 2.27. The van der Waals surface area contributed by atoms with Gasteiger partial charge in [0.1, 0.15) is 0 Å². The number of rotatable bonds is 7. The molecule has 0 N–H and O–H groups in total. The Morgan fingerprint density at radius 1 is 1.17 bits per heavy atom. The third kappa shape index (κ3) is 3.42. The van der Waals surface area contributed by atoms with Crippen LogP contribution < -0.4 is 0 Å². The molecular weight excluding hydrogens is 242 g/mol. The lowest BCUT2D eigenvalue weighted by molar-refractivity contribution is -0.128. The number of hydrogen-bond donors (Lipinski definition) is 0. The summed E-state index contributed by atoms with van der Waals surface area (Å²) in [6, 6.07) is 4.23. The number of thiophene rings is 1. The molecule has 0 saturated carbocycles. The Morgan fingerprint density at radius 2 is 1.72 bits per heavy atom. The average Bonchev–Trinajstić information content (AvgIpc) is 2.78.